The van der Waals surface area contributed by atoms with E-state index >= 15 is 0 Å². The number of anilines is 1. The Labute approximate surface area is 127 Å². The van der Waals surface area contributed by atoms with E-state index in [4.69, 9.17) is 9.47 Å². The maximum atomic E-state index is 11.6. The summed E-state index contributed by atoms with van der Waals surface area (Å²) in [6.45, 7) is 2.65. The minimum absolute atomic E-state index is 0.293. The third-order valence-corrected chi connectivity index (χ3v) is 3.41. The number of nitrogens with one attached hydrogen (secondary N) is 2. The van der Waals surface area contributed by atoms with E-state index < -0.39 is 0 Å². The van der Waals surface area contributed by atoms with Gasteiger partial charge in [0, 0.05) is 11.4 Å². The Morgan fingerprint density at radius 2 is 2.19 bits per heavy atom. The van der Waals surface area contributed by atoms with E-state index in [1.165, 1.54) is 11.3 Å². The molecule has 0 fully saturated rings. The smallest absolute Gasteiger partial charge is 0.321 e. The molecule has 2 aromatic rings. The van der Waals surface area contributed by atoms with Crippen molar-refractivity contribution in [3.8, 4) is 11.5 Å². The number of aromatic nitrogens is 1. The van der Waals surface area contributed by atoms with Gasteiger partial charge in [0.05, 0.1) is 19.3 Å². The van der Waals surface area contributed by atoms with E-state index in [9.17, 15) is 4.79 Å². The minimum Gasteiger partial charge on any atom is -0.497 e. The van der Waals surface area contributed by atoms with Crippen molar-refractivity contribution in [3.05, 3.63) is 35.3 Å². The number of rotatable bonds is 6. The fourth-order valence-electron chi connectivity index (χ4n) is 1.58. The van der Waals surface area contributed by atoms with E-state index in [2.05, 4.69) is 15.6 Å². The lowest BCUT2D eigenvalue weighted by molar-refractivity contribution is 0.247. The molecule has 0 aliphatic heterocycles. The van der Waals surface area contributed by atoms with Crippen LogP contribution in [0.1, 0.15) is 5.69 Å². The predicted octanol–water partition coefficient (Wildman–Crippen LogP) is 2.66. The van der Waals surface area contributed by atoms with Gasteiger partial charge in [-0.25, -0.2) is 9.78 Å². The molecule has 0 saturated carbocycles. The van der Waals surface area contributed by atoms with Gasteiger partial charge in [-0.1, -0.05) is 6.07 Å². The lowest BCUT2D eigenvalue weighted by atomic mass is 10.3. The van der Waals surface area contributed by atoms with Crippen molar-refractivity contribution < 1.29 is 14.3 Å². The Morgan fingerprint density at radius 3 is 2.90 bits per heavy atom. The highest BCUT2D eigenvalue weighted by Crippen LogP contribution is 2.18. The first kappa shape index (κ1) is 15.1. The number of amides is 2. The van der Waals surface area contributed by atoms with Gasteiger partial charge in [0.1, 0.15) is 18.1 Å². The summed E-state index contributed by atoms with van der Waals surface area (Å²) in [6.07, 6.45) is 0. The van der Waals surface area contributed by atoms with Crippen LogP contribution in [0.3, 0.4) is 0 Å². The van der Waals surface area contributed by atoms with Crippen molar-refractivity contribution in [1.82, 2.24) is 10.3 Å². The number of thiazole rings is 1. The number of aryl methyl sites for hydroxylation is 1. The Hall–Kier alpha value is -2.28. The summed E-state index contributed by atoms with van der Waals surface area (Å²) >= 11 is 1.39. The molecule has 0 aliphatic carbocycles. The number of ether oxygens (including phenoxy) is 2. The zero-order chi connectivity index (χ0) is 15.1. The van der Waals surface area contributed by atoms with Crippen LogP contribution in [0.25, 0.3) is 0 Å². The second-order valence-corrected chi connectivity index (χ2v) is 5.06. The normalized spacial score (nSPS) is 10.0. The molecule has 0 bridgehead atoms. The molecule has 7 heteroatoms. The van der Waals surface area contributed by atoms with Gasteiger partial charge in [0.15, 0.2) is 5.13 Å². The first-order valence-electron chi connectivity index (χ1n) is 6.41. The van der Waals surface area contributed by atoms with Crippen molar-refractivity contribution in [2.75, 3.05) is 25.6 Å². The Kier molecular flexibility index (Phi) is 5.39. The van der Waals surface area contributed by atoms with Crippen LogP contribution in [0.4, 0.5) is 9.93 Å². The van der Waals surface area contributed by atoms with E-state index in [-0.39, 0.29) is 6.03 Å². The molecular weight excluding hydrogens is 290 g/mol. The van der Waals surface area contributed by atoms with Crippen LogP contribution in [-0.4, -0.2) is 31.3 Å². The number of hydrogen-bond donors (Lipinski definition) is 2. The third-order valence-electron chi connectivity index (χ3n) is 2.54. The molecule has 0 spiro atoms. The number of benzene rings is 1. The van der Waals surface area contributed by atoms with Crippen LogP contribution in [0.5, 0.6) is 11.5 Å². The number of hydrogen-bond acceptors (Lipinski definition) is 5. The summed E-state index contributed by atoms with van der Waals surface area (Å²) < 4.78 is 10.6. The first-order chi connectivity index (χ1) is 10.2. The number of nitrogens with zero attached hydrogens (tertiary/aromatic N) is 1. The molecule has 1 aromatic carbocycles. The number of methoxy groups -OCH3 is 1. The van der Waals surface area contributed by atoms with Crippen molar-refractivity contribution in [1.29, 1.82) is 0 Å². The van der Waals surface area contributed by atoms with Crippen molar-refractivity contribution in [2.24, 2.45) is 0 Å². The molecule has 0 aliphatic rings. The number of carbonyl (C=O) groups excluding carboxylic acids is 1. The van der Waals surface area contributed by atoms with Crippen molar-refractivity contribution in [3.63, 3.8) is 0 Å². The molecule has 0 atom stereocenters. The zero-order valence-corrected chi connectivity index (χ0v) is 12.7. The highest BCUT2D eigenvalue weighted by atomic mass is 32.1. The van der Waals surface area contributed by atoms with E-state index in [0.717, 1.165) is 11.4 Å². The van der Waals surface area contributed by atoms with Gasteiger partial charge < -0.3 is 14.8 Å². The summed E-state index contributed by atoms with van der Waals surface area (Å²) in [5, 5.41) is 7.82. The quantitative estimate of drug-likeness (QED) is 0.805. The average molecular weight is 307 g/mol. The van der Waals surface area contributed by atoms with Gasteiger partial charge in [-0.3, -0.25) is 5.32 Å². The topological polar surface area (TPSA) is 72.5 Å². The molecular formula is C14H17N3O3S. The van der Waals surface area contributed by atoms with Crippen LogP contribution < -0.4 is 20.1 Å². The molecule has 0 unspecified atom stereocenters. The minimum atomic E-state index is -0.293. The van der Waals surface area contributed by atoms with Crippen LogP contribution in [0.2, 0.25) is 0 Å². The lowest BCUT2D eigenvalue weighted by Gasteiger charge is -2.08. The highest BCUT2D eigenvalue weighted by molar-refractivity contribution is 7.13. The molecule has 21 heavy (non-hydrogen) atoms. The predicted molar refractivity (Wildman–Crippen MR) is 82.4 cm³/mol. The van der Waals surface area contributed by atoms with Crippen LogP contribution in [-0.2, 0) is 0 Å². The molecule has 0 radical (unpaired) electrons. The van der Waals surface area contributed by atoms with Crippen LogP contribution in [0, 0.1) is 6.92 Å². The van der Waals surface area contributed by atoms with Crippen molar-refractivity contribution in [2.45, 2.75) is 6.92 Å². The second-order valence-electron chi connectivity index (χ2n) is 4.20. The average Bonchev–Trinajstić information content (AvgIpc) is 2.89. The summed E-state index contributed by atoms with van der Waals surface area (Å²) in [7, 11) is 1.60. The molecule has 0 saturated heterocycles. The highest BCUT2D eigenvalue weighted by Gasteiger charge is 2.04. The summed E-state index contributed by atoms with van der Waals surface area (Å²) in [5.41, 5.74) is 0.886. The van der Waals surface area contributed by atoms with Gasteiger partial charge >= 0.3 is 6.03 Å². The molecule has 2 N–H and O–H groups in total. The molecule has 2 amide bonds. The van der Waals surface area contributed by atoms with E-state index in [0.29, 0.717) is 24.0 Å². The maximum Gasteiger partial charge on any atom is 0.321 e. The van der Waals surface area contributed by atoms with Crippen LogP contribution >= 0.6 is 11.3 Å². The van der Waals surface area contributed by atoms with Gasteiger partial charge in [0.2, 0.25) is 0 Å². The van der Waals surface area contributed by atoms with Gasteiger partial charge in [-0.2, -0.15) is 0 Å². The zero-order valence-electron chi connectivity index (χ0n) is 11.9. The molecule has 1 aromatic heterocycles. The molecule has 2 rings (SSSR count). The number of urea groups is 1. The monoisotopic (exact) mass is 307 g/mol. The van der Waals surface area contributed by atoms with Gasteiger partial charge in [0.25, 0.3) is 0 Å². The molecule has 1 heterocycles. The summed E-state index contributed by atoms with van der Waals surface area (Å²) in [6, 6.07) is 7.02. The van der Waals surface area contributed by atoms with E-state index in [1.54, 1.807) is 13.2 Å². The fraction of sp³-hybridized carbons (Fsp3) is 0.286. The first-order valence-corrected chi connectivity index (χ1v) is 7.29. The van der Waals surface area contributed by atoms with E-state index in [1.807, 2.05) is 30.5 Å². The van der Waals surface area contributed by atoms with Gasteiger partial charge in [-0.05, 0) is 19.1 Å². The van der Waals surface area contributed by atoms with Gasteiger partial charge in [-0.15, -0.1) is 11.3 Å². The summed E-state index contributed by atoms with van der Waals surface area (Å²) in [5.74, 6) is 1.43. The maximum absolute atomic E-state index is 11.6. The molecule has 6 nitrogen and oxygen atoms in total. The lowest BCUT2D eigenvalue weighted by Crippen LogP contribution is -2.32. The van der Waals surface area contributed by atoms with Crippen LogP contribution in [0.15, 0.2) is 29.6 Å². The SMILES string of the molecule is COc1cccc(OCCNC(=O)Nc2nc(C)cs2)c1. The standard InChI is InChI=1S/C14H17N3O3S/c1-10-9-21-14(16-10)17-13(18)15-6-7-20-12-5-3-4-11(8-12)19-2/h3-5,8-9H,6-7H2,1-2H3,(H2,15,16,17,18). The molecule has 112 valence electrons. The Balaban J connectivity index is 1.68. The second kappa shape index (κ2) is 7.49. The largest absolute Gasteiger partial charge is 0.497 e. The Morgan fingerprint density at radius 1 is 1.38 bits per heavy atom. The third kappa shape index (κ3) is 4.96. The summed E-state index contributed by atoms with van der Waals surface area (Å²) in [4.78, 5) is 15.7. The number of carbonyl (C=O) groups is 1. The fourth-order valence-corrected chi connectivity index (χ4v) is 2.26. The van der Waals surface area contributed by atoms with Crippen molar-refractivity contribution >= 4 is 22.5 Å². The Bertz CT molecular complexity index is 601.